The number of aryl methyl sites for hydroxylation is 1. The number of para-hydroxylation sites is 2. The van der Waals surface area contributed by atoms with E-state index in [1.165, 1.54) is 0 Å². The normalized spacial score (nSPS) is 11.1. The molecule has 158 valence electrons. The van der Waals surface area contributed by atoms with Crippen LogP contribution >= 0.6 is 11.6 Å². The molecule has 0 saturated carbocycles. The highest BCUT2D eigenvalue weighted by molar-refractivity contribution is 6.31. The summed E-state index contributed by atoms with van der Waals surface area (Å²) in [5, 5.41) is 3.51. The second kappa shape index (κ2) is 8.36. The number of anilines is 1. The molecule has 0 radical (unpaired) electrons. The number of carbonyl (C=O) groups excluding carboxylic acids is 1. The van der Waals surface area contributed by atoms with E-state index in [4.69, 9.17) is 20.4 Å². The van der Waals surface area contributed by atoms with E-state index in [1.807, 2.05) is 73.7 Å². The largest absolute Gasteiger partial charge is 0.451 e. The first-order chi connectivity index (χ1) is 15.5. The van der Waals surface area contributed by atoms with Crippen molar-refractivity contribution in [3.8, 4) is 11.3 Å². The minimum absolute atomic E-state index is 0.229. The molecule has 3 aromatic carbocycles. The maximum Gasteiger partial charge on any atom is 0.291 e. The number of rotatable bonds is 5. The lowest BCUT2D eigenvalue weighted by Crippen LogP contribution is -2.10. The van der Waals surface area contributed by atoms with Gasteiger partial charge in [-0.1, -0.05) is 48.0 Å². The summed E-state index contributed by atoms with van der Waals surface area (Å²) in [6.07, 6.45) is 0.573. The Morgan fingerprint density at radius 2 is 1.78 bits per heavy atom. The van der Waals surface area contributed by atoms with Gasteiger partial charge in [0.2, 0.25) is 0 Å². The summed E-state index contributed by atoms with van der Waals surface area (Å²) in [6.45, 7) is 1.94. The SMILES string of the molecule is Cc1ccc(-c2ccc(C(=O)Nc3ccc(Cc4nc5ccccc5o4)cc3)o2)cc1Cl. The number of fused-ring (bicyclic) bond motifs is 1. The van der Waals surface area contributed by atoms with Gasteiger partial charge in [0.25, 0.3) is 5.91 Å². The van der Waals surface area contributed by atoms with Crippen molar-refractivity contribution in [2.24, 2.45) is 0 Å². The molecule has 0 aliphatic rings. The lowest BCUT2D eigenvalue weighted by atomic mass is 10.1. The van der Waals surface area contributed by atoms with Crippen LogP contribution < -0.4 is 5.32 Å². The first-order valence-corrected chi connectivity index (χ1v) is 10.5. The second-order valence-corrected chi connectivity index (χ2v) is 7.94. The van der Waals surface area contributed by atoms with Crippen LogP contribution in [0.5, 0.6) is 0 Å². The van der Waals surface area contributed by atoms with Crippen LogP contribution in [0.2, 0.25) is 5.02 Å². The molecule has 1 N–H and O–H groups in total. The van der Waals surface area contributed by atoms with Gasteiger partial charge < -0.3 is 14.2 Å². The number of nitrogens with zero attached hydrogens (tertiary/aromatic N) is 1. The lowest BCUT2D eigenvalue weighted by Gasteiger charge is -2.05. The third-order valence-electron chi connectivity index (χ3n) is 5.19. The zero-order valence-corrected chi connectivity index (χ0v) is 18.0. The number of nitrogens with one attached hydrogen (secondary N) is 1. The van der Waals surface area contributed by atoms with Crippen molar-refractivity contribution in [1.29, 1.82) is 0 Å². The highest BCUT2D eigenvalue weighted by Gasteiger charge is 2.13. The molecular weight excluding hydrogens is 424 g/mol. The number of oxazole rings is 1. The number of carbonyl (C=O) groups is 1. The van der Waals surface area contributed by atoms with Crippen molar-refractivity contribution in [3.05, 3.63) is 107 Å². The Bertz CT molecular complexity index is 1380. The van der Waals surface area contributed by atoms with Gasteiger partial charge in [0, 0.05) is 22.7 Å². The molecule has 32 heavy (non-hydrogen) atoms. The molecule has 0 spiro atoms. The fourth-order valence-electron chi connectivity index (χ4n) is 3.43. The molecule has 0 aliphatic heterocycles. The molecule has 0 unspecified atom stereocenters. The molecule has 0 bridgehead atoms. The molecule has 1 amide bonds. The van der Waals surface area contributed by atoms with E-state index in [9.17, 15) is 4.79 Å². The number of amides is 1. The van der Waals surface area contributed by atoms with Crippen LogP contribution in [0.4, 0.5) is 5.69 Å². The smallest absolute Gasteiger partial charge is 0.291 e. The molecule has 6 heteroatoms. The molecule has 5 rings (SSSR count). The Labute approximate surface area is 189 Å². The number of aromatic nitrogens is 1. The van der Waals surface area contributed by atoms with Gasteiger partial charge in [-0.25, -0.2) is 4.98 Å². The fraction of sp³-hybridized carbons (Fsp3) is 0.0769. The Morgan fingerprint density at radius 3 is 2.56 bits per heavy atom. The second-order valence-electron chi connectivity index (χ2n) is 7.53. The molecule has 0 saturated heterocycles. The number of hydrogen-bond donors (Lipinski definition) is 1. The zero-order valence-electron chi connectivity index (χ0n) is 17.3. The third kappa shape index (κ3) is 4.15. The van der Waals surface area contributed by atoms with Crippen molar-refractivity contribution in [1.82, 2.24) is 4.98 Å². The molecule has 2 aromatic heterocycles. The van der Waals surface area contributed by atoms with Gasteiger partial charge in [-0.3, -0.25) is 4.79 Å². The zero-order chi connectivity index (χ0) is 22.1. The minimum atomic E-state index is -0.318. The summed E-state index contributed by atoms with van der Waals surface area (Å²) >= 11 is 6.19. The molecule has 0 aliphatic carbocycles. The standard InChI is InChI=1S/C26H19ClN2O3/c1-16-6-9-18(15-20(16)27)22-12-13-24(31-22)26(30)28-19-10-7-17(8-11-19)14-25-29-21-4-2-3-5-23(21)32-25/h2-13,15H,14H2,1H3,(H,28,30). The van der Waals surface area contributed by atoms with Crippen molar-refractivity contribution >= 4 is 34.3 Å². The van der Waals surface area contributed by atoms with Crippen LogP contribution in [0.3, 0.4) is 0 Å². The van der Waals surface area contributed by atoms with Gasteiger partial charge in [0.15, 0.2) is 17.2 Å². The summed E-state index contributed by atoms with van der Waals surface area (Å²) in [7, 11) is 0. The Morgan fingerprint density at radius 1 is 0.969 bits per heavy atom. The first-order valence-electron chi connectivity index (χ1n) is 10.2. The number of furan rings is 1. The molecular formula is C26H19ClN2O3. The Kier molecular flexibility index (Phi) is 5.25. The monoisotopic (exact) mass is 442 g/mol. The van der Waals surface area contributed by atoms with E-state index in [-0.39, 0.29) is 11.7 Å². The van der Waals surface area contributed by atoms with E-state index < -0.39 is 0 Å². The highest BCUT2D eigenvalue weighted by atomic mass is 35.5. The summed E-state index contributed by atoms with van der Waals surface area (Å²) in [4.78, 5) is 17.1. The number of benzene rings is 3. The topological polar surface area (TPSA) is 68.3 Å². The van der Waals surface area contributed by atoms with Crippen LogP contribution in [0.1, 0.15) is 27.6 Å². The predicted molar refractivity (Wildman–Crippen MR) is 125 cm³/mol. The lowest BCUT2D eigenvalue weighted by molar-refractivity contribution is 0.0997. The quantitative estimate of drug-likeness (QED) is 0.321. The predicted octanol–water partition coefficient (Wildman–Crippen LogP) is 6.89. The van der Waals surface area contributed by atoms with E-state index in [0.29, 0.717) is 28.8 Å². The van der Waals surface area contributed by atoms with Gasteiger partial charge in [-0.05, 0) is 60.5 Å². The average Bonchev–Trinajstić information content (AvgIpc) is 3.44. The van der Waals surface area contributed by atoms with Crippen molar-refractivity contribution in [3.63, 3.8) is 0 Å². The molecule has 0 atom stereocenters. The van der Waals surface area contributed by atoms with Gasteiger partial charge in [0.05, 0.1) is 0 Å². The fourth-order valence-corrected chi connectivity index (χ4v) is 3.61. The van der Waals surface area contributed by atoms with Crippen LogP contribution in [-0.2, 0) is 6.42 Å². The van der Waals surface area contributed by atoms with E-state index in [2.05, 4.69) is 10.3 Å². The van der Waals surface area contributed by atoms with Gasteiger partial charge in [-0.2, -0.15) is 0 Å². The van der Waals surface area contributed by atoms with Crippen LogP contribution in [-0.4, -0.2) is 10.9 Å². The summed E-state index contributed by atoms with van der Waals surface area (Å²) in [5.74, 6) is 1.15. The van der Waals surface area contributed by atoms with E-state index >= 15 is 0 Å². The van der Waals surface area contributed by atoms with Gasteiger partial charge >= 0.3 is 0 Å². The van der Waals surface area contributed by atoms with Gasteiger partial charge in [-0.15, -0.1) is 0 Å². The highest BCUT2D eigenvalue weighted by Crippen LogP contribution is 2.27. The van der Waals surface area contributed by atoms with Crippen molar-refractivity contribution in [2.45, 2.75) is 13.3 Å². The molecule has 5 aromatic rings. The van der Waals surface area contributed by atoms with Gasteiger partial charge in [0.1, 0.15) is 11.3 Å². The number of hydrogen-bond acceptors (Lipinski definition) is 4. The summed E-state index contributed by atoms with van der Waals surface area (Å²) in [5.41, 5.74) is 5.13. The van der Waals surface area contributed by atoms with Crippen molar-refractivity contribution in [2.75, 3.05) is 5.32 Å². The molecule has 5 nitrogen and oxygen atoms in total. The van der Waals surface area contributed by atoms with Crippen LogP contribution in [0, 0.1) is 6.92 Å². The van der Waals surface area contributed by atoms with Crippen LogP contribution in [0.25, 0.3) is 22.4 Å². The minimum Gasteiger partial charge on any atom is -0.451 e. The molecule has 0 fully saturated rings. The maximum atomic E-state index is 12.6. The first kappa shape index (κ1) is 20.1. The van der Waals surface area contributed by atoms with Crippen molar-refractivity contribution < 1.29 is 13.6 Å². The Balaban J connectivity index is 1.25. The van der Waals surface area contributed by atoms with Crippen LogP contribution in [0.15, 0.2) is 87.7 Å². The Hall–Kier alpha value is -3.83. The molecule has 2 heterocycles. The van der Waals surface area contributed by atoms with E-state index in [1.54, 1.807) is 12.1 Å². The summed E-state index contributed by atoms with van der Waals surface area (Å²) in [6, 6.07) is 24.3. The summed E-state index contributed by atoms with van der Waals surface area (Å²) < 4.78 is 11.5. The average molecular weight is 443 g/mol. The maximum absolute atomic E-state index is 12.6. The third-order valence-corrected chi connectivity index (χ3v) is 5.60. The number of halogens is 1. The van der Waals surface area contributed by atoms with E-state index in [0.717, 1.165) is 27.8 Å².